The molecule has 1 aromatic carbocycles. The predicted octanol–water partition coefficient (Wildman–Crippen LogP) is 3.30. The molecule has 0 aliphatic carbocycles. The van der Waals surface area contributed by atoms with Crippen molar-refractivity contribution in [2.75, 3.05) is 11.1 Å². The number of aromatic nitrogens is 1. The summed E-state index contributed by atoms with van der Waals surface area (Å²) in [5.41, 5.74) is 9.45. The van der Waals surface area contributed by atoms with Crippen LogP contribution >= 0.6 is 15.9 Å². The van der Waals surface area contributed by atoms with Crippen LogP contribution in [0.2, 0.25) is 0 Å². The third-order valence-corrected chi connectivity index (χ3v) is 3.38. The third kappa shape index (κ3) is 2.93. The predicted molar refractivity (Wildman–Crippen MR) is 80.2 cm³/mol. The molecule has 0 aliphatic rings. The number of nitrogens with one attached hydrogen (secondary N) is 1. The zero-order chi connectivity index (χ0) is 14.0. The van der Waals surface area contributed by atoms with Crippen LogP contribution in [0.3, 0.4) is 0 Å². The molecule has 0 saturated carbocycles. The zero-order valence-corrected chi connectivity index (χ0v) is 12.3. The lowest BCUT2D eigenvalue weighted by Crippen LogP contribution is -2.15. The van der Waals surface area contributed by atoms with E-state index in [4.69, 9.17) is 5.73 Å². The van der Waals surface area contributed by atoms with Crippen LogP contribution in [0.25, 0.3) is 0 Å². The van der Waals surface area contributed by atoms with Crippen LogP contribution in [0, 0.1) is 13.8 Å². The Morgan fingerprint density at radius 3 is 2.63 bits per heavy atom. The molecule has 1 aromatic heterocycles. The number of carbonyl (C=O) groups is 1. The molecule has 4 nitrogen and oxygen atoms in total. The molecule has 0 aliphatic heterocycles. The molecule has 5 heteroatoms. The van der Waals surface area contributed by atoms with Gasteiger partial charge in [-0.05, 0) is 59.1 Å². The summed E-state index contributed by atoms with van der Waals surface area (Å²) < 4.78 is 0.834. The Kier molecular flexibility index (Phi) is 3.85. The Bertz CT molecular complexity index is 623. The number of nitrogens with two attached hydrogens (primary N) is 1. The maximum atomic E-state index is 12.1. The molecule has 0 fully saturated rings. The molecular weight excluding hydrogens is 306 g/mol. The number of pyridine rings is 1. The number of rotatable bonds is 2. The first kappa shape index (κ1) is 13.5. The van der Waals surface area contributed by atoms with Crippen molar-refractivity contribution in [1.82, 2.24) is 4.98 Å². The average molecular weight is 320 g/mol. The van der Waals surface area contributed by atoms with Crippen molar-refractivity contribution in [2.45, 2.75) is 13.8 Å². The summed E-state index contributed by atoms with van der Waals surface area (Å²) in [6.45, 7) is 3.81. The van der Waals surface area contributed by atoms with Crippen molar-refractivity contribution >= 4 is 33.2 Å². The van der Waals surface area contributed by atoms with Crippen molar-refractivity contribution in [3.63, 3.8) is 0 Å². The van der Waals surface area contributed by atoms with Crippen molar-refractivity contribution < 1.29 is 4.79 Å². The van der Waals surface area contributed by atoms with Gasteiger partial charge in [0.15, 0.2) is 0 Å². The standard InChI is InChI=1S/C14H14BrN3O/c1-8-3-5-11(16)9(2)13(8)18-14(19)12-6-4-10(15)7-17-12/h3-7H,16H2,1-2H3,(H,18,19). The maximum Gasteiger partial charge on any atom is 0.274 e. The van der Waals surface area contributed by atoms with Crippen LogP contribution in [0.4, 0.5) is 11.4 Å². The smallest absolute Gasteiger partial charge is 0.274 e. The highest BCUT2D eigenvalue weighted by Crippen LogP contribution is 2.25. The topological polar surface area (TPSA) is 68.0 Å². The monoisotopic (exact) mass is 319 g/mol. The van der Waals surface area contributed by atoms with Crippen LogP contribution in [0.5, 0.6) is 0 Å². The lowest BCUT2D eigenvalue weighted by Gasteiger charge is -2.13. The molecule has 3 N–H and O–H groups in total. The van der Waals surface area contributed by atoms with Gasteiger partial charge in [-0.25, -0.2) is 4.98 Å². The lowest BCUT2D eigenvalue weighted by atomic mass is 10.1. The fourth-order valence-corrected chi connectivity index (χ4v) is 1.98. The van der Waals surface area contributed by atoms with E-state index in [0.29, 0.717) is 11.4 Å². The molecule has 0 saturated heterocycles. The summed E-state index contributed by atoms with van der Waals surface area (Å²) in [6, 6.07) is 7.16. The molecule has 0 atom stereocenters. The summed E-state index contributed by atoms with van der Waals surface area (Å²) in [7, 11) is 0. The van der Waals surface area contributed by atoms with Gasteiger partial charge in [0.05, 0.1) is 0 Å². The second-order valence-corrected chi connectivity index (χ2v) is 5.20. The van der Waals surface area contributed by atoms with Crippen molar-refractivity contribution in [3.8, 4) is 0 Å². The molecule has 0 unspecified atom stereocenters. The number of hydrogen-bond acceptors (Lipinski definition) is 3. The van der Waals surface area contributed by atoms with E-state index >= 15 is 0 Å². The van der Waals surface area contributed by atoms with E-state index in [9.17, 15) is 4.79 Å². The lowest BCUT2D eigenvalue weighted by molar-refractivity contribution is 0.102. The Hall–Kier alpha value is -1.88. The number of amides is 1. The summed E-state index contributed by atoms with van der Waals surface area (Å²) in [4.78, 5) is 16.2. The first-order valence-corrected chi connectivity index (χ1v) is 6.57. The van der Waals surface area contributed by atoms with E-state index in [1.165, 1.54) is 0 Å². The number of anilines is 2. The molecule has 1 heterocycles. The molecule has 2 rings (SSSR count). The third-order valence-electron chi connectivity index (χ3n) is 2.91. The number of halogens is 1. The maximum absolute atomic E-state index is 12.1. The largest absolute Gasteiger partial charge is 0.398 e. The molecule has 1 amide bonds. The highest BCUT2D eigenvalue weighted by atomic mass is 79.9. The second-order valence-electron chi connectivity index (χ2n) is 4.29. The minimum Gasteiger partial charge on any atom is -0.398 e. The van der Waals surface area contributed by atoms with Crippen LogP contribution < -0.4 is 11.1 Å². The van der Waals surface area contributed by atoms with E-state index in [2.05, 4.69) is 26.2 Å². The second kappa shape index (κ2) is 5.40. The highest BCUT2D eigenvalue weighted by molar-refractivity contribution is 9.10. The number of benzene rings is 1. The van der Waals surface area contributed by atoms with Gasteiger partial charge in [0, 0.05) is 22.0 Å². The number of carbonyl (C=O) groups excluding carboxylic acids is 1. The first-order valence-electron chi connectivity index (χ1n) is 5.77. The molecular formula is C14H14BrN3O. The summed E-state index contributed by atoms with van der Waals surface area (Å²) in [5, 5.41) is 2.86. The van der Waals surface area contributed by atoms with Gasteiger partial charge in [0.1, 0.15) is 5.69 Å². The average Bonchev–Trinajstić information content (AvgIpc) is 2.40. The zero-order valence-electron chi connectivity index (χ0n) is 10.7. The molecule has 0 spiro atoms. The number of aryl methyl sites for hydroxylation is 1. The highest BCUT2D eigenvalue weighted by Gasteiger charge is 2.12. The van der Waals surface area contributed by atoms with E-state index in [-0.39, 0.29) is 5.91 Å². The summed E-state index contributed by atoms with van der Waals surface area (Å²) in [6.07, 6.45) is 1.59. The Morgan fingerprint density at radius 1 is 1.26 bits per heavy atom. The molecule has 2 aromatic rings. The van der Waals surface area contributed by atoms with E-state index in [0.717, 1.165) is 21.3 Å². The van der Waals surface area contributed by atoms with Gasteiger partial charge >= 0.3 is 0 Å². The van der Waals surface area contributed by atoms with E-state index < -0.39 is 0 Å². The van der Waals surface area contributed by atoms with Crippen molar-refractivity contribution in [3.05, 3.63) is 51.8 Å². The normalized spacial score (nSPS) is 10.3. The van der Waals surface area contributed by atoms with Gasteiger partial charge in [0.25, 0.3) is 5.91 Å². The molecule has 0 radical (unpaired) electrons. The minimum atomic E-state index is -0.246. The summed E-state index contributed by atoms with van der Waals surface area (Å²) in [5.74, 6) is -0.246. The molecule has 98 valence electrons. The van der Waals surface area contributed by atoms with Gasteiger partial charge in [-0.15, -0.1) is 0 Å². The van der Waals surface area contributed by atoms with Crippen LogP contribution in [0.1, 0.15) is 21.6 Å². The van der Waals surface area contributed by atoms with Crippen molar-refractivity contribution in [2.24, 2.45) is 0 Å². The fourth-order valence-electron chi connectivity index (χ4n) is 1.74. The van der Waals surface area contributed by atoms with E-state index in [1.807, 2.05) is 26.0 Å². The van der Waals surface area contributed by atoms with Gasteiger partial charge in [0.2, 0.25) is 0 Å². The number of hydrogen-bond donors (Lipinski definition) is 2. The molecule has 19 heavy (non-hydrogen) atoms. The van der Waals surface area contributed by atoms with Crippen LogP contribution in [0.15, 0.2) is 34.9 Å². The minimum absolute atomic E-state index is 0.246. The Balaban J connectivity index is 2.29. The van der Waals surface area contributed by atoms with Gasteiger partial charge in [-0.1, -0.05) is 6.07 Å². The number of nitrogen functional groups attached to an aromatic ring is 1. The van der Waals surface area contributed by atoms with Gasteiger partial charge < -0.3 is 11.1 Å². The van der Waals surface area contributed by atoms with Crippen molar-refractivity contribution in [1.29, 1.82) is 0 Å². The molecule has 0 bridgehead atoms. The Morgan fingerprint density at radius 2 is 2.00 bits per heavy atom. The fraction of sp³-hybridized carbons (Fsp3) is 0.143. The quantitative estimate of drug-likeness (QED) is 0.834. The Labute approximate surface area is 120 Å². The van der Waals surface area contributed by atoms with Crippen LogP contribution in [-0.2, 0) is 0 Å². The van der Waals surface area contributed by atoms with Crippen LogP contribution in [-0.4, -0.2) is 10.9 Å². The van der Waals surface area contributed by atoms with Gasteiger partial charge in [-0.2, -0.15) is 0 Å². The SMILES string of the molecule is Cc1ccc(N)c(C)c1NC(=O)c1ccc(Br)cn1. The van der Waals surface area contributed by atoms with E-state index in [1.54, 1.807) is 18.3 Å². The summed E-state index contributed by atoms with van der Waals surface area (Å²) >= 11 is 3.28. The van der Waals surface area contributed by atoms with Gasteiger partial charge in [-0.3, -0.25) is 4.79 Å². The number of nitrogens with zero attached hydrogens (tertiary/aromatic N) is 1. The first-order chi connectivity index (χ1) is 8.99.